The first-order valence-electron chi connectivity index (χ1n) is 6.91. The predicted molar refractivity (Wildman–Crippen MR) is 71.7 cm³/mol. The van der Waals surface area contributed by atoms with Crippen molar-refractivity contribution in [1.29, 1.82) is 0 Å². The van der Waals surface area contributed by atoms with Crippen LogP contribution in [-0.4, -0.2) is 22.5 Å². The van der Waals surface area contributed by atoms with Gasteiger partial charge in [0, 0.05) is 6.07 Å². The molecular weight excluding hydrogens is 280 g/mol. The average molecular weight is 297 g/mol. The third-order valence-electron chi connectivity index (χ3n) is 3.86. The van der Waals surface area contributed by atoms with Gasteiger partial charge in [0.25, 0.3) is 0 Å². The van der Waals surface area contributed by atoms with Crippen molar-refractivity contribution in [3.63, 3.8) is 0 Å². The van der Waals surface area contributed by atoms with E-state index in [1.54, 1.807) is 0 Å². The molecule has 2 rings (SSSR count). The summed E-state index contributed by atoms with van der Waals surface area (Å²) in [6.07, 6.45) is 2.85. The fraction of sp³-hybridized carbons (Fsp3) is 0.467. The second-order valence-corrected chi connectivity index (χ2v) is 5.41. The topological polar surface area (TPSA) is 66.4 Å². The molecule has 0 aliphatic heterocycles. The molecule has 4 nitrogen and oxygen atoms in total. The van der Waals surface area contributed by atoms with Gasteiger partial charge in [-0.25, -0.2) is 13.6 Å². The van der Waals surface area contributed by atoms with Crippen molar-refractivity contribution in [3.8, 4) is 0 Å². The summed E-state index contributed by atoms with van der Waals surface area (Å²) in [5.74, 6) is -3.15. The summed E-state index contributed by atoms with van der Waals surface area (Å²) in [5, 5.41) is 11.9. The van der Waals surface area contributed by atoms with Gasteiger partial charge in [-0.15, -0.1) is 0 Å². The first-order valence-corrected chi connectivity index (χ1v) is 6.91. The van der Waals surface area contributed by atoms with Gasteiger partial charge < -0.3 is 10.4 Å². The number of rotatable bonds is 4. The van der Waals surface area contributed by atoms with Gasteiger partial charge in [0.2, 0.25) is 5.91 Å². The maximum absolute atomic E-state index is 13.5. The lowest BCUT2D eigenvalue weighted by Gasteiger charge is -2.34. The lowest BCUT2D eigenvalue weighted by molar-refractivity contribution is -0.149. The molecule has 1 aromatic rings. The summed E-state index contributed by atoms with van der Waals surface area (Å²) < 4.78 is 26.3. The number of hydrogen-bond acceptors (Lipinski definition) is 2. The Bertz CT molecular complexity index is 554. The van der Waals surface area contributed by atoms with Gasteiger partial charge in [-0.2, -0.15) is 0 Å². The molecule has 0 saturated heterocycles. The Balaban J connectivity index is 2.07. The van der Waals surface area contributed by atoms with Crippen molar-refractivity contribution in [1.82, 2.24) is 5.32 Å². The van der Waals surface area contributed by atoms with Gasteiger partial charge in [-0.05, 0) is 24.5 Å². The maximum Gasteiger partial charge on any atom is 0.329 e. The van der Waals surface area contributed by atoms with E-state index in [1.807, 2.05) is 0 Å². The highest BCUT2D eigenvalue weighted by atomic mass is 19.1. The molecule has 1 amide bonds. The second kappa shape index (κ2) is 6.20. The molecule has 6 heteroatoms. The monoisotopic (exact) mass is 297 g/mol. The highest BCUT2D eigenvalue weighted by Gasteiger charge is 2.40. The normalized spacial score (nSPS) is 17.2. The third-order valence-corrected chi connectivity index (χ3v) is 3.86. The molecule has 0 heterocycles. The number of carbonyl (C=O) groups excluding carboxylic acids is 1. The van der Waals surface area contributed by atoms with Crippen molar-refractivity contribution >= 4 is 11.9 Å². The van der Waals surface area contributed by atoms with E-state index in [0.717, 1.165) is 25.3 Å². The van der Waals surface area contributed by atoms with E-state index < -0.39 is 29.0 Å². The zero-order valence-corrected chi connectivity index (χ0v) is 11.5. The Kier molecular flexibility index (Phi) is 4.55. The Morgan fingerprint density at radius 3 is 2.43 bits per heavy atom. The largest absolute Gasteiger partial charge is 0.480 e. The molecule has 21 heavy (non-hydrogen) atoms. The van der Waals surface area contributed by atoms with Gasteiger partial charge in [0.05, 0.1) is 6.42 Å². The van der Waals surface area contributed by atoms with Crippen LogP contribution in [0.25, 0.3) is 0 Å². The zero-order chi connectivity index (χ0) is 15.5. The smallest absolute Gasteiger partial charge is 0.329 e. The molecule has 1 aromatic carbocycles. The second-order valence-electron chi connectivity index (χ2n) is 5.41. The molecule has 0 unspecified atom stereocenters. The van der Waals surface area contributed by atoms with Crippen molar-refractivity contribution < 1.29 is 23.5 Å². The van der Waals surface area contributed by atoms with Crippen LogP contribution < -0.4 is 5.32 Å². The van der Waals surface area contributed by atoms with Crippen molar-refractivity contribution in [2.75, 3.05) is 0 Å². The maximum atomic E-state index is 13.5. The summed E-state index contributed by atoms with van der Waals surface area (Å²) in [4.78, 5) is 23.4. The molecule has 2 N–H and O–H groups in total. The fourth-order valence-corrected chi connectivity index (χ4v) is 2.70. The van der Waals surface area contributed by atoms with E-state index in [-0.39, 0.29) is 12.0 Å². The molecular formula is C15H17F2NO3. The quantitative estimate of drug-likeness (QED) is 0.897. The molecule has 0 bridgehead atoms. The lowest BCUT2D eigenvalue weighted by Crippen LogP contribution is -2.56. The van der Waals surface area contributed by atoms with E-state index in [9.17, 15) is 23.5 Å². The number of benzene rings is 1. The van der Waals surface area contributed by atoms with Crippen LogP contribution in [0.5, 0.6) is 0 Å². The van der Waals surface area contributed by atoms with Crippen LogP contribution >= 0.6 is 0 Å². The Morgan fingerprint density at radius 2 is 1.86 bits per heavy atom. The Hall–Kier alpha value is -1.98. The first kappa shape index (κ1) is 15.4. The van der Waals surface area contributed by atoms with Crippen molar-refractivity contribution in [3.05, 3.63) is 35.4 Å². The molecule has 114 valence electrons. The van der Waals surface area contributed by atoms with E-state index in [0.29, 0.717) is 18.9 Å². The third kappa shape index (κ3) is 3.56. The van der Waals surface area contributed by atoms with E-state index in [4.69, 9.17) is 0 Å². The van der Waals surface area contributed by atoms with Gasteiger partial charge in [-0.3, -0.25) is 4.79 Å². The lowest BCUT2D eigenvalue weighted by atomic mass is 9.81. The Morgan fingerprint density at radius 1 is 1.19 bits per heavy atom. The van der Waals surface area contributed by atoms with E-state index in [1.165, 1.54) is 6.07 Å². The Labute approximate surface area is 121 Å². The van der Waals surface area contributed by atoms with Crippen LogP contribution in [0.15, 0.2) is 18.2 Å². The minimum absolute atomic E-state index is 0.0465. The fourth-order valence-electron chi connectivity index (χ4n) is 2.70. The summed E-state index contributed by atoms with van der Waals surface area (Å²) in [7, 11) is 0. The van der Waals surface area contributed by atoms with Gasteiger partial charge in [-0.1, -0.05) is 25.3 Å². The van der Waals surface area contributed by atoms with Crippen molar-refractivity contribution in [2.24, 2.45) is 0 Å². The summed E-state index contributed by atoms with van der Waals surface area (Å²) >= 11 is 0. The minimum atomic E-state index is -1.26. The van der Waals surface area contributed by atoms with Crippen LogP contribution in [0.3, 0.4) is 0 Å². The highest BCUT2D eigenvalue weighted by Crippen LogP contribution is 2.28. The van der Waals surface area contributed by atoms with Crippen LogP contribution in [0.4, 0.5) is 8.78 Å². The molecule has 1 aliphatic rings. The number of carboxylic acids is 1. The number of carboxylic acid groups (broad SMARTS) is 1. The number of hydrogen-bond donors (Lipinski definition) is 2. The first-order chi connectivity index (χ1) is 9.93. The summed E-state index contributed by atoms with van der Waals surface area (Å²) in [6, 6.07) is 2.97. The molecule has 0 atom stereocenters. The molecule has 0 aromatic heterocycles. The molecule has 1 aliphatic carbocycles. The van der Waals surface area contributed by atoms with Crippen molar-refractivity contribution in [2.45, 2.75) is 44.1 Å². The number of nitrogens with one attached hydrogen (secondary N) is 1. The molecule has 0 radical (unpaired) electrons. The predicted octanol–water partition coefficient (Wildman–Crippen LogP) is 2.41. The van der Waals surface area contributed by atoms with Crippen LogP contribution in [0.2, 0.25) is 0 Å². The van der Waals surface area contributed by atoms with Crippen LogP contribution in [-0.2, 0) is 16.0 Å². The van der Waals surface area contributed by atoms with Crippen LogP contribution in [0.1, 0.15) is 37.7 Å². The van der Waals surface area contributed by atoms with Gasteiger partial charge >= 0.3 is 5.97 Å². The molecule has 1 fully saturated rings. The van der Waals surface area contributed by atoms with Gasteiger partial charge in [0.1, 0.15) is 17.2 Å². The highest BCUT2D eigenvalue weighted by molar-refractivity contribution is 5.88. The van der Waals surface area contributed by atoms with E-state index in [2.05, 4.69) is 5.32 Å². The minimum Gasteiger partial charge on any atom is -0.480 e. The van der Waals surface area contributed by atoms with Crippen LogP contribution in [0, 0.1) is 11.6 Å². The summed E-state index contributed by atoms with van der Waals surface area (Å²) in [6.45, 7) is 0. The van der Waals surface area contributed by atoms with E-state index >= 15 is 0 Å². The molecule has 1 saturated carbocycles. The number of carbonyl (C=O) groups is 2. The van der Waals surface area contributed by atoms with Gasteiger partial charge in [0.15, 0.2) is 0 Å². The molecule has 0 spiro atoms. The average Bonchev–Trinajstić information content (AvgIpc) is 2.43. The number of aliphatic carboxylic acids is 1. The number of amides is 1. The SMILES string of the molecule is O=C(Cc1ccc(F)cc1F)NC1(C(=O)O)CCCCC1. The zero-order valence-electron chi connectivity index (χ0n) is 11.5. The number of halogens is 2. The standard InChI is InChI=1S/C15H17F2NO3/c16-11-5-4-10(12(17)9-11)8-13(19)18-15(14(20)21)6-2-1-3-7-15/h4-5,9H,1-3,6-8H2,(H,18,19)(H,20,21). The summed E-state index contributed by atoms with van der Waals surface area (Å²) in [5.41, 5.74) is -1.21.